The Balaban J connectivity index is 2.24. The molecule has 0 spiro atoms. The van der Waals surface area contributed by atoms with Crippen LogP contribution in [-0.2, 0) is 0 Å². The second-order valence-corrected chi connectivity index (χ2v) is 5.24. The van der Waals surface area contributed by atoms with Gasteiger partial charge in [0, 0.05) is 19.6 Å². The summed E-state index contributed by atoms with van der Waals surface area (Å²) in [4.78, 5) is 13.6. The molecule has 0 aliphatic carbocycles. The zero-order valence-electron chi connectivity index (χ0n) is 10.3. The van der Waals surface area contributed by atoms with Gasteiger partial charge in [0.05, 0.1) is 0 Å². The van der Waals surface area contributed by atoms with E-state index in [4.69, 9.17) is 0 Å². The normalized spacial score (nSPS) is 20.1. The highest BCUT2D eigenvalue weighted by molar-refractivity contribution is 5.74. The summed E-state index contributed by atoms with van der Waals surface area (Å²) in [6.07, 6.45) is 4.45. The number of nitrogens with zero attached hydrogens (tertiary/aromatic N) is 1. The molecule has 0 unspecified atom stereocenters. The molecule has 0 bridgehead atoms. The van der Waals surface area contributed by atoms with Gasteiger partial charge < -0.3 is 10.2 Å². The number of rotatable bonds is 3. The Bertz CT molecular complexity index is 204. The summed E-state index contributed by atoms with van der Waals surface area (Å²) in [5.41, 5.74) is 0.417. The van der Waals surface area contributed by atoms with E-state index in [-0.39, 0.29) is 6.03 Å². The summed E-state index contributed by atoms with van der Waals surface area (Å²) < 4.78 is 0. The second kappa shape index (κ2) is 5.38. The largest absolute Gasteiger partial charge is 0.338 e. The van der Waals surface area contributed by atoms with Gasteiger partial charge in [-0.25, -0.2) is 4.79 Å². The van der Waals surface area contributed by atoms with Crippen molar-refractivity contribution in [1.29, 1.82) is 0 Å². The molecule has 0 aromatic heterocycles. The molecule has 0 radical (unpaired) electrons. The fourth-order valence-electron chi connectivity index (χ4n) is 1.80. The molecule has 0 atom stereocenters. The quantitative estimate of drug-likeness (QED) is 0.717. The first-order chi connectivity index (χ1) is 7.05. The van der Waals surface area contributed by atoms with E-state index in [0.717, 1.165) is 45.3 Å². The highest BCUT2D eigenvalue weighted by Crippen LogP contribution is 2.29. The molecule has 3 heteroatoms. The van der Waals surface area contributed by atoms with Gasteiger partial charge in [-0.2, -0.15) is 0 Å². The number of amides is 2. The van der Waals surface area contributed by atoms with Crippen LogP contribution in [-0.4, -0.2) is 30.6 Å². The number of carbonyl (C=O) groups is 1. The molecule has 3 nitrogen and oxygen atoms in total. The zero-order chi connectivity index (χ0) is 11.3. The third-order valence-corrected chi connectivity index (χ3v) is 3.21. The minimum Gasteiger partial charge on any atom is -0.338 e. The Morgan fingerprint density at radius 1 is 1.33 bits per heavy atom. The highest BCUT2D eigenvalue weighted by atomic mass is 16.2. The summed E-state index contributed by atoms with van der Waals surface area (Å²) >= 11 is 0. The average molecular weight is 212 g/mol. The molecule has 1 aliphatic rings. The molecule has 2 amide bonds. The molecular formula is C12H24N2O. The van der Waals surface area contributed by atoms with Crippen LogP contribution in [0.1, 0.15) is 46.5 Å². The van der Waals surface area contributed by atoms with Crippen molar-refractivity contribution in [2.75, 3.05) is 19.6 Å². The van der Waals surface area contributed by atoms with Crippen LogP contribution in [0.3, 0.4) is 0 Å². The van der Waals surface area contributed by atoms with Crippen LogP contribution in [0.4, 0.5) is 4.79 Å². The predicted octanol–water partition coefficient (Wildman–Crippen LogP) is 2.62. The Morgan fingerprint density at radius 2 is 1.93 bits per heavy atom. The average Bonchev–Trinajstić information content (AvgIpc) is 2.18. The molecule has 0 saturated carbocycles. The number of nitrogens with one attached hydrogen (secondary N) is 1. The van der Waals surface area contributed by atoms with E-state index >= 15 is 0 Å². The molecule has 1 N–H and O–H groups in total. The van der Waals surface area contributed by atoms with Gasteiger partial charge in [-0.15, -0.1) is 0 Å². The molecule has 88 valence electrons. The number of piperidine rings is 1. The lowest BCUT2D eigenvalue weighted by Gasteiger charge is -2.36. The van der Waals surface area contributed by atoms with Crippen molar-refractivity contribution in [2.24, 2.45) is 5.41 Å². The van der Waals surface area contributed by atoms with E-state index in [9.17, 15) is 4.79 Å². The van der Waals surface area contributed by atoms with Crippen molar-refractivity contribution in [3.63, 3.8) is 0 Å². The van der Waals surface area contributed by atoms with E-state index in [0.29, 0.717) is 5.41 Å². The lowest BCUT2D eigenvalue weighted by molar-refractivity contribution is 0.140. The molecule has 1 rings (SSSR count). The summed E-state index contributed by atoms with van der Waals surface area (Å²) in [5.74, 6) is 0. The fourth-order valence-corrected chi connectivity index (χ4v) is 1.80. The predicted molar refractivity (Wildman–Crippen MR) is 62.9 cm³/mol. The molecule has 1 saturated heterocycles. The molecular weight excluding hydrogens is 188 g/mol. The first-order valence-electron chi connectivity index (χ1n) is 6.08. The van der Waals surface area contributed by atoms with Crippen LogP contribution in [0.2, 0.25) is 0 Å². The van der Waals surface area contributed by atoms with E-state index < -0.39 is 0 Å². The fraction of sp³-hybridized carbons (Fsp3) is 0.917. The minimum atomic E-state index is 0.124. The lowest BCUT2D eigenvalue weighted by atomic mass is 9.83. The van der Waals surface area contributed by atoms with Crippen LogP contribution >= 0.6 is 0 Å². The maximum absolute atomic E-state index is 11.7. The lowest BCUT2D eigenvalue weighted by Crippen LogP contribution is -2.46. The Kier molecular flexibility index (Phi) is 4.43. The van der Waals surface area contributed by atoms with Crippen LogP contribution in [0.15, 0.2) is 0 Å². The maximum atomic E-state index is 11.7. The summed E-state index contributed by atoms with van der Waals surface area (Å²) in [7, 11) is 0. The first-order valence-corrected chi connectivity index (χ1v) is 6.08. The smallest absolute Gasteiger partial charge is 0.317 e. The zero-order valence-corrected chi connectivity index (χ0v) is 10.3. The molecule has 1 aliphatic heterocycles. The topological polar surface area (TPSA) is 32.3 Å². The number of hydrogen-bond acceptors (Lipinski definition) is 1. The van der Waals surface area contributed by atoms with Gasteiger partial charge in [0.1, 0.15) is 0 Å². The number of carbonyl (C=O) groups excluding carboxylic acids is 1. The number of hydrogen-bond donors (Lipinski definition) is 1. The Hall–Kier alpha value is -0.730. The van der Waals surface area contributed by atoms with E-state index in [1.807, 2.05) is 4.90 Å². The van der Waals surface area contributed by atoms with Gasteiger partial charge in [0.2, 0.25) is 0 Å². The Labute approximate surface area is 93.2 Å². The van der Waals surface area contributed by atoms with E-state index in [1.165, 1.54) is 0 Å². The summed E-state index contributed by atoms with van der Waals surface area (Å²) in [6, 6.07) is 0.124. The highest BCUT2D eigenvalue weighted by Gasteiger charge is 2.27. The van der Waals surface area contributed by atoms with Gasteiger partial charge in [-0.3, -0.25) is 0 Å². The molecule has 1 fully saturated rings. The van der Waals surface area contributed by atoms with Crippen molar-refractivity contribution in [1.82, 2.24) is 10.2 Å². The van der Waals surface area contributed by atoms with Crippen molar-refractivity contribution in [3.05, 3.63) is 0 Å². The van der Waals surface area contributed by atoms with Crippen LogP contribution < -0.4 is 5.32 Å². The van der Waals surface area contributed by atoms with Crippen LogP contribution in [0.5, 0.6) is 0 Å². The minimum absolute atomic E-state index is 0.124. The summed E-state index contributed by atoms with van der Waals surface area (Å²) in [5, 5.41) is 2.97. The van der Waals surface area contributed by atoms with Gasteiger partial charge in [0.25, 0.3) is 0 Å². The maximum Gasteiger partial charge on any atom is 0.317 e. The SMILES string of the molecule is CCCCNC(=O)N1CCC(C)(C)CC1. The van der Waals surface area contributed by atoms with Crippen molar-refractivity contribution < 1.29 is 4.79 Å². The summed E-state index contributed by atoms with van der Waals surface area (Å²) in [6.45, 7) is 9.32. The van der Waals surface area contributed by atoms with Crippen molar-refractivity contribution in [3.8, 4) is 0 Å². The third-order valence-electron chi connectivity index (χ3n) is 3.21. The Morgan fingerprint density at radius 3 is 2.47 bits per heavy atom. The van der Waals surface area contributed by atoms with E-state index in [2.05, 4.69) is 26.1 Å². The van der Waals surface area contributed by atoms with Crippen LogP contribution in [0, 0.1) is 5.41 Å². The van der Waals surface area contributed by atoms with Gasteiger partial charge in [0.15, 0.2) is 0 Å². The number of urea groups is 1. The number of unbranched alkanes of at least 4 members (excludes halogenated alkanes) is 1. The monoisotopic (exact) mass is 212 g/mol. The van der Waals surface area contributed by atoms with Crippen molar-refractivity contribution in [2.45, 2.75) is 46.5 Å². The molecule has 0 aromatic carbocycles. The third kappa shape index (κ3) is 4.10. The van der Waals surface area contributed by atoms with Gasteiger partial charge >= 0.3 is 6.03 Å². The van der Waals surface area contributed by atoms with Crippen LogP contribution in [0.25, 0.3) is 0 Å². The second-order valence-electron chi connectivity index (χ2n) is 5.24. The van der Waals surface area contributed by atoms with Gasteiger partial charge in [-0.1, -0.05) is 27.2 Å². The number of likely N-dealkylation sites (tertiary alicyclic amines) is 1. The molecule has 0 aromatic rings. The standard InChI is InChI=1S/C12H24N2O/c1-4-5-8-13-11(15)14-9-6-12(2,3)7-10-14/h4-10H2,1-3H3,(H,13,15). The first kappa shape index (κ1) is 12.3. The molecule has 1 heterocycles. The molecule has 15 heavy (non-hydrogen) atoms. The van der Waals surface area contributed by atoms with Gasteiger partial charge in [-0.05, 0) is 24.7 Å². The van der Waals surface area contributed by atoms with Crippen molar-refractivity contribution >= 4 is 6.03 Å². The van der Waals surface area contributed by atoms with E-state index in [1.54, 1.807) is 0 Å².